The van der Waals surface area contributed by atoms with Crippen LogP contribution in [-0.2, 0) is 4.74 Å². The largest absolute Gasteiger partial charge is 0.501 e. The number of aromatic nitrogens is 1. The first-order valence-electron chi connectivity index (χ1n) is 4.78. The minimum absolute atomic E-state index is 0.280. The molecule has 0 radical (unpaired) electrons. The van der Waals surface area contributed by atoms with Gasteiger partial charge in [0.2, 0.25) is 0 Å². The van der Waals surface area contributed by atoms with Crippen LogP contribution in [0.3, 0.4) is 0 Å². The van der Waals surface area contributed by atoms with Gasteiger partial charge in [0.1, 0.15) is 0 Å². The lowest BCUT2D eigenvalue weighted by Crippen LogP contribution is -2.19. The molecule has 2 rings (SSSR count). The maximum Gasteiger partial charge on any atom is 0.0876 e. The highest BCUT2D eigenvalue weighted by molar-refractivity contribution is 7.09. The zero-order chi connectivity index (χ0) is 9.80. The third-order valence-corrected chi connectivity index (χ3v) is 3.20. The Labute approximate surface area is 87.8 Å². The van der Waals surface area contributed by atoms with Gasteiger partial charge in [-0.1, -0.05) is 0 Å². The number of nitrogens with zero attached hydrogens (tertiary/aromatic N) is 1. The SMILES string of the molecule is CNC(C1=COCCC1)c1cncs1. The standard InChI is InChI=1S/C10H14N2OS/c1-11-10(9-5-12-7-14-9)8-3-2-4-13-6-8/h5-7,10-11H,2-4H2,1H3. The molecule has 0 saturated heterocycles. The molecule has 1 atom stereocenters. The van der Waals surface area contributed by atoms with Crippen molar-refractivity contribution in [2.45, 2.75) is 18.9 Å². The molecular formula is C10H14N2OS. The summed E-state index contributed by atoms with van der Waals surface area (Å²) in [6.45, 7) is 0.850. The Morgan fingerprint density at radius 3 is 3.14 bits per heavy atom. The molecule has 1 unspecified atom stereocenters. The summed E-state index contributed by atoms with van der Waals surface area (Å²) in [5.41, 5.74) is 3.19. The molecule has 0 saturated carbocycles. The van der Waals surface area contributed by atoms with Crippen molar-refractivity contribution in [3.63, 3.8) is 0 Å². The van der Waals surface area contributed by atoms with Crippen LogP contribution in [0.15, 0.2) is 23.5 Å². The first kappa shape index (κ1) is 9.68. The van der Waals surface area contributed by atoms with Gasteiger partial charge in [-0.2, -0.15) is 0 Å². The van der Waals surface area contributed by atoms with Crippen molar-refractivity contribution in [3.8, 4) is 0 Å². The number of hydrogen-bond acceptors (Lipinski definition) is 4. The zero-order valence-corrected chi connectivity index (χ0v) is 9.01. The third kappa shape index (κ3) is 1.96. The molecular weight excluding hydrogens is 196 g/mol. The van der Waals surface area contributed by atoms with E-state index in [1.807, 2.05) is 25.0 Å². The Kier molecular flexibility index (Phi) is 3.16. The summed E-state index contributed by atoms with van der Waals surface area (Å²) < 4.78 is 5.35. The minimum Gasteiger partial charge on any atom is -0.501 e. The van der Waals surface area contributed by atoms with Gasteiger partial charge in [0.25, 0.3) is 0 Å². The number of hydrogen-bond donors (Lipinski definition) is 1. The molecule has 1 aromatic rings. The van der Waals surface area contributed by atoms with E-state index in [-0.39, 0.29) is 6.04 Å². The second kappa shape index (κ2) is 4.57. The van der Waals surface area contributed by atoms with E-state index in [0.29, 0.717) is 0 Å². The van der Waals surface area contributed by atoms with Crippen molar-refractivity contribution < 1.29 is 4.74 Å². The summed E-state index contributed by atoms with van der Waals surface area (Å²) >= 11 is 1.68. The first-order valence-corrected chi connectivity index (χ1v) is 5.66. The van der Waals surface area contributed by atoms with Gasteiger partial charge in [0, 0.05) is 11.1 Å². The Bertz CT molecular complexity index is 308. The van der Waals surface area contributed by atoms with E-state index in [4.69, 9.17) is 4.74 Å². The predicted octanol–water partition coefficient (Wildman–Crippen LogP) is 2.10. The lowest BCUT2D eigenvalue weighted by Gasteiger charge is -2.21. The molecule has 1 aliphatic rings. The van der Waals surface area contributed by atoms with Crippen LogP contribution >= 0.6 is 11.3 Å². The van der Waals surface area contributed by atoms with Crippen molar-refractivity contribution in [3.05, 3.63) is 28.4 Å². The molecule has 4 heteroatoms. The topological polar surface area (TPSA) is 34.1 Å². The van der Waals surface area contributed by atoms with Crippen LogP contribution in [0, 0.1) is 0 Å². The van der Waals surface area contributed by atoms with E-state index in [2.05, 4.69) is 10.3 Å². The summed E-state index contributed by atoms with van der Waals surface area (Å²) in [5, 5.41) is 3.30. The maximum absolute atomic E-state index is 5.35. The molecule has 0 amide bonds. The summed E-state index contributed by atoms with van der Waals surface area (Å²) in [6, 6.07) is 0.280. The van der Waals surface area contributed by atoms with E-state index >= 15 is 0 Å². The van der Waals surface area contributed by atoms with Crippen LogP contribution in [0.5, 0.6) is 0 Å². The monoisotopic (exact) mass is 210 g/mol. The predicted molar refractivity (Wildman–Crippen MR) is 57.2 cm³/mol. The molecule has 0 bridgehead atoms. The molecule has 1 aliphatic heterocycles. The van der Waals surface area contributed by atoms with Crippen molar-refractivity contribution in [1.82, 2.24) is 10.3 Å². The third-order valence-electron chi connectivity index (χ3n) is 2.36. The quantitative estimate of drug-likeness (QED) is 0.829. The van der Waals surface area contributed by atoms with Crippen LogP contribution in [-0.4, -0.2) is 18.6 Å². The van der Waals surface area contributed by atoms with E-state index in [9.17, 15) is 0 Å². The second-order valence-corrected chi connectivity index (χ2v) is 4.21. The number of nitrogens with one attached hydrogen (secondary N) is 1. The van der Waals surface area contributed by atoms with Crippen molar-refractivity contribution in [1.29, 1.82) is 0 Å². The highest BCUT2D eigenvalue weighted by Crippen LogP contribution is 2.29. The molecule has 0 spiro atoms. The highest BCUT2D eigenvalue weighted by atomic mass is 32.1. The average molecular weight is 210 g/mol. The van der Waals surface area contributed by atoms with E-state index in [0.717, 1.165) is 19.4 Å². The fraction of sp³-hybridized carbons (Fsp3) is 0.500. The summed E-state index contributed by atoms with van der Waals surface area (Å²) in [6.07, 6.45) is 6.04. The lowest BCUT2D eigenvalue weighted by atomic mass is 10.0. The Balaban J connectivity index is 2.16. The van der Waals surface area contributed by atoms with Crippen molar-refractivity contribution >= 4 is 11.3 Å². The molecule has 0 aliphatic carbocycles. The van der Waals surface area contributed by atoms with Crippen LogP contribution in [0.4, 0.5) is 0 Å². The van der Waals surface area contributed by atoms with Gasteiger partial charge >= 0.3 is 0 Å². The Morgan fingerprint density at radius 2 is 2.57 bits per heavy atom. The number of rotatable bonds is 3. The number of thiazole rings is 1. The molecule has 3 nitrogen and oxygen atoms in total. The average Bonchev–Trinajstić information content (AvgIpc) is 2.74. The highest BCUT2D eigenvalue weighted by Gasteiger charge is 2.18. The normalized spacial score (nSPS) is 18.5. The summed E-state index contributed by atoms with van der Waals surface area (Å²) in [7, 11) is 1.97. The van der Waals surface area contributed by atoms with Crippen molar-refractivity contribution in [2.24, 2.45) is 0 Å². The molecule has 1 aromatic heterocycles. The minimum atomic E-state index is 0.280. The smallest absolute Gasteiger partial charge is 0.0876 e. The van der Waals surface area contributed by atoms with Gasteiger partial charge in [0.15, 0.2) is 0 Å². The molecule has 76 valence electrons. The second-order valence-electron chi connectivity index (χ2n) is 3.29. The lowest BCUT2D eigenvalue weighted by molar-refractivity contribution is 0.220. The maximum atomic E-state index is 5.35. The van der Waals surface area contributed by atoms with Crippen LogP contribution < -0.4 is 5.32 Å². The molecule has 2 heterocycles. The van der Waals surface area contributed by atoms with E-state index in [1.165, 1.54) is 10.5 Å². The summed E-state index contributed by atoms with van der Waals surface area (Å²) in [4.78, 5) is 5.35. The van der Waals surface area contributed by atoms with E-state index < -0.39 is 0 Å². The van der Waals surface area contributed by atoms with Gasteiger partial charge in [0.05, 0.1) is 24.4 Å². The zero-order valence-electron chi connectivity index (χ0n) is 8.19. The van der Waals surface area contributed by atoms with Gasteiger partial charge < -0.3 is 10.1 Å². The molecule has 0 aromatic carbocycles. The fourth-order valence-electron chi connectivity index (χ4n) is 1.68. The fourth-order valence-corrected chi connectivity index (χ4v) is 2.45. The summed E-state index contributed by atoms with van der Waals surface area (Å²) in [5.74, 6) is 0. The van der Waals surface area contributed by atoms with Crippen molar-refractivity contribution in [2.75, 3.05) is 13.7 Å². The van der Waals surface area contributed by atoms with Gasteiger partial charge in [-0.05, 0) is 25.5 Å². The van der Waals surface area contributed by atoms with E-state index in [1.54, 1.807) is 11.3 Å². The van der Waals surface area contributed by atoms with Gasteiger partial charge in [-0.25, -0.2) is 0 Å². The van der Waals surface area contributed by atoms with Gasteiger partial charge in [-0.15, -0.1) is 11.3 Å². The van der Waals surface area contributed by atoms with Crippen LogP contribution in [0.25, 0.3) is 0 Å². The molecule has 0 fully saturated rings. The Morgan fingerprint density at radius 1 is 1.64 bits per heavy atom. The van der Waals surface area contributed by atoms with Crippen LogP contribution in [0.2, 0.25) is 0 Å². The number of ether oxygens (including phenoxy) is 1. The molecule has 1 N–H and O–H groups in total. The van der Waals surface area contributed by atoms with Gasteiger partial charge in [-0.3, -0.25) is 4.98 Å². The number of likely N-dealkylation sites (N-methyl/N-ethyl adjacent to an activating group) is 1. The van der Waals surface area contributed by atoms with Crippen LogP contribution in [0.1, 0.15) is 23.8 Å². The first-order chi connectivity index (χ1) is 6.92. The molecule has 14 heavy (non-hydrogen) atoms. The Hall–Kier alpha value is -0.870.